The molecule has 1 aromatic carbocycles. The second-order valence-corrected chi connectivity index (χ2v) is 3.61. The Balaban J connectivity index is 0.000000317. The lowest BCUT2D eigenvalue weighted by atomic mass is 10.2. The molecule has 0 spiro atoms. The van der Waals surface area contributed by atoms with Gasteiger partial charge in [0, 0.05) is 6.92 Å². The van der Waals surface area contributed by atoms with Gasteiger partial charge in [0.1, 0.15) is 11.9 Å². The second-order valence-electron chi connectivity index (χ2n) is 3.61. The molecule has 0 aromatic heterocycles. The lowest BCUT2D eigenvalue weighted by Gasteiger charge is -2.25. The molecule has 2 rings (SSSR count). The summed E-state index contributed by atoms with van der Waals surface area (Å²) in [6.07, 6.45) is 3.95. The average Bonchev–Trinajstić information content (AvgIpc) is 2.61. The van der Waals surface area contributed by atoms with Gasteiger partial charge in [-0.25, -0.2) is 9.48 Å². The van der Waals surface area contributed by atoms with Gasteiger partial charge in [-0.2, -0.15) is 0 Å². The summed E-state index contributed by atoms with van der Waals surface area (Å²) in [4.78, 5) is 12.5. The number of amidine groups is 1. The maximum absolute atomic E-state index is 8.25. The van der Waals surface area contributed by atoms with Gasteiger partial charge in [0.15, 0.2) is 0 Å². The van der Waals surface area contributed by atoms with Gasteiger partial charge in [0.05, 0.1) is 18.3 Å². The zero-order chi connectivity index (χ0) is 12.9. The molecule has 17 heavy (non-hydrogen) atoms. The minimum atomic E-state index is -1.75. The average molecular weight is 235 g/mol. The van der Waals surface area contributed by atoms with Gasteiger partial charge in [0.25, 0.3) is 0 Å². The summed E-state index contributed by atoms with van der Waals surface area (Å²) in [7, 11) is 2.14. The summed E-state index contributed by atoms with van der Waals surface area (Å²) in [5.41, 5.74) is 1.25. The molecule has 90 valence electrons. The first-order valence-corrected chi connectivity index (χ1v) is 4.93. The maximum Gasteiger partial charge on any atom is 0.209 e. The quantitative estimate of drug-likeness (QED) is 0.425. The molecular formula is C11H13N3O3. The van der Waals surface area contributed by atoms with Crippen molar-refractivity contribution < 1.29 is 5.09 Å². The van der Waals surface area contributed by atoms with Crippen LogP contribution in [0.15, 0.2) is 47.7 Å². The fourth-order valence-electron chi connectivity index (χ4n) is 1.51. The highest BCUT2D eigenvalue weighted by Crippen LogP contribution is 2.24. The van der Waals surface area contributed by atoms with E-state index in [4.69, 9.17) is 15.3 Å². The molecule has 0 radical (unpaired) electrons. The molecule has 1 atom stereocenters. The van der Waals surface area contributed by atoms with Crippen LogP contribution in [0.3, 0.4) is 0 Å². The third kappa shape index (κ3) is 3.12. The van der Waals surface area contributed by atoms with E-state index in [2.05, 4.69) is 42.5 Å². The largest absolute Gasteiger partial charge is 0.356 e. The summed E-state index contributed by atoms with van der Waals surface area (Å²) in [6.45, 7) is 2.05. The van der Waals surface area contributed by atoms with Crippen LogP contribution < -0.4 is 4.48 Å². The number of quaternary nitrogens is 1. The standard InChI is InChI=1S/C11H13N2.NO3/c1-10-12-8-9-13(10,2)11-6-4-3-5-7-11;2-1(3)4/h3-9H,1-2H3;/q+1;-1. The fourth-order valence-corrected chi connectivity index (χ4v) is 1.51. The Morgan fingerprint density at radius 1 is 1.24 bits per heavy atom. The van der Waals surface area contributed by atoms with Crippen molar-refractivity contribution in [2.45, 2.75) is 6.92 Å². The maximum atomic E-state index is 8.25. The molecule has 1 aliphatic rings. The molecule has 6 nitrogen and oxygen atoms in total. The number of hydrogen-bond donors (Lipinski definition) is 0. The number of benzene rings is 1. The number of nitrogens with zero attached hydrogens (tertiary/aromatic N) is 3. The summed E-state index contributed by atoms with van der Waals surface area (Å²) in [5, 5.41) is 14.8. The van der Waals surface area contributed by atoms with Crippen molar-refractivity contribution in [2.24, 2.45) is 4.99 Å². The van der Waals surface area contributed by atoms with Crippen LogP contribution in [-0.4, -0.2) is 18.0 Å². The zero-order valence-corrected chi connectivity index (χ0v) is 9.61. The van der Waals surface area contributed by atoms with Crippen LogP contribution in [0, 0.1) is 15.3 Å². The number of para-hydroxylation sites is 1. The highest BCUT2D eigenvalue weighted by molar-refractivity contribution is 5.94. The molecule has 0 fully saturated rings. The molecule has 1 heterocycles. The van der Waals surface area contributed by atoms with Crippen LogP contribution in [-0.2, 0) is 0 Å². The first-order valence-electron chi connectivity index (χ1n) is 4.93. The van der Waals surface area contributed by atoms with E-state index < -0.39 is 5.09 Å². The zero-order valence-electron chi connectivity index (χ0n) is 9.61. The smallest absolute Gasteiger partial charge is 0.209 e. The molecule has 0 saturated heterocycles. The third-order valence-corrected chi connectivity index (χ3v) is 2.59. The highest BCUT2D eigenvalue weighted by atomic mass is 16.9. The number of hydrogen-bond acceptors (Lipinski definition) is 4. The van der Waals surface area contributed by atoms with Crippen LogP contribution in [0.2, 0.25) is 0 Å². The first-order chi connectivity index (χ1) is 7.97. The van der Waals surface area contributed by atoms with E-state index in [0.29, 0.717) is 4.48 Å². The Kier molecular flexibility index (Phi) is 3.95. The summed E-state index contributed by atoms with van der Waals surface area (Å²) in [6, 6.07) is 10.4. The van der Waals surface area contributed by atoms with E-state index in [1.807, 2.05) is 19.2 Å². The summed E-state index contributed by atoms with van der Waals surface area (Å²) in [5.74, 6) is 1.10. The van der Waals surface area contributed by atoms with E-state index >= 15 is 0 Å². The van der Waals surface area contributed by atoms with Crippen LogP contribution in [0.1, 0.15) is 6.92 Å². The van der Waals surface area contributed by atoms with Crippen molar-refractivity contribution in [1.29, 1.82) is 0 Å². The molecule has 6 heteroatoms. The van der Waals surface area contributed by atoms with Crippen LogP contribution >= 0.6 is 0 Å². The van der Waals surface area contributed by atoms with Crippen molar-refractivity contribution in [3.63, 3.8) is 0 Å². The van der Waals surface area contributed by atoms with Crippen molar-refractivity contribution in [1.82, 2.24) is 4.48 Å². The summed E-state index contributed by atoms with van der Waals surface area (Å²) >= 11 is 0. The Morgan fingerprint density at radius 3 is 2.18 bits per heavy atom. The van der Waals surface area contributed by atoms with Crippen LogP contribution in [0.4, 0.5) is 5.69 Å². The Labute approximate surface area is 98.8 Å². The Morgan fingerprint density at radius 2 is 1.76 bits per heavy atom. The molecule has 0 aliphatic carbocycles. The van der Waals surface area contributed by atoms with Gasteiger partial charge in [-0.15, -0.1) is 0 Å². The summed E-state index contributed by atoms with van der Waals surface area (Å²) < 4.78 is 0.695. The highest BCUT2D eigenvalue weighted by Gasteiger charge is 2.29. The Bertz CT molecular complexity index is 452. The van der Waals surface area contributed by atoms with Gasteiger partial charge < -0.3 is 15.3 Å². The molecule has 0 bridgehead atoms. The number of aliphatic imine (C=N–C) groups is 1. The van der Waals surface area contributed by atoms with E-state index in [1.54, 1.807) is 0 Å². The third-order valence-electron chi connectivity index (χ3n) is 2.59. The molecule has 1 aliphatic heterocycles. The monoisotopic (exact) mass is 235 g/mol. The first kappa shape index (κ1) is 12.9. The molecule has 0 N–H and O–H groups in total. The molecule has 0 amide bonds. The van der Waals surface area contributed by atoms with Crippen molar-refractivity contribution in [2.75, 3.05) is 7.05 Å². The van der Waals surface area contributed by atoms with Gasteiger partial charge in [-0.3, -0.25) is 0 Å². The van der Waals surface area contributed by atoms with Crippen LogP contribution in [0.5, 0.6) is 0 Å². The van der Waals surface area contributed by atoms with Gasteiger partial charge in [0.2, 0.25) is 5.84 Å². The number of rotatable bonds is 1. The lowest BCUT2D eigenvalue weighted by Crippen LogP contribution is -2.41. The second kappa shape index (κ2) is 5.22. The van der Waals surface area contributed by atoms with Gasteiger partial charge in [-0.05, 0) is 12.1 Å². The van der Waals surface area contributed by atoms with E-state index in [0.717, 1.165) is 5.84 Å². The predicted molar refractivity (Wildman–Crippen MR) is 66.8 cm³/mol. The van der Waals surface area contributed by atoms with Gasteiger partial charge in [-0.1, -0.05) is 18.2 Å². The topological polar surface area (TPSA) is 78.6 Å². The molecular weight excluding hydrogens is 222 g/mol. The van der Waals surface area contributed by atoms with Crippen LogP contribution in [0.25, 0.3) is 0 Å². The minimum Gasteiger partial charge on any atom is -0.356 e. The normalized spacial score (nSPS) is 21.4. The SMILES string of the molecule is CC1=NC=C[N+]1(C)c1ccccc1.O=[N+]([O-])[O-]. The lowest BCUT2D eigenvalue weighted by molar-refractivity contribution is -0.402. The molecule has 1 unspecified atom stereocenters. The molecule has 0 saturated carbocycles. The van der Waals surface area contributed by atoms with Crippen molar-refractivity contribution in [3.05, 3.63) is 58.1 Å². The van der Waals surface area contributed by atoms with Gasteiger partial charge >= 0.3 is 0 Å². The predicted octanol–water partition coefficient (Wildman–Crippen LogP) is 2.29. The van der Waals surface area contributed by atoms with Crippen molar-refractivity contribution >= 4 is 11.5 Å². The molecule has 1 aromatic rings. The minimum absolute atomic E-state index is 0.695. The van der Waals surface area contributed by atoms with E-state index in [-0.39, 0.29) is 0 Å². The Hall–Kier alpha value is -2.21. The van der Waals surface area contributed by atoms with Crippen molar-refractivity contribution in [3.8, 4) is 0 Å². The fraction of sp³-hybridized carbons (Fsp3) is 0.182. The van der Waals surface area contributed by atoms with E-state index in [1.165, 1.54) is 5.69 Å². The van der Waals surface area contributed by atoms with E-state index in [9.17, 15) is 0 Å².